The Balaban J connectivity index is 1.88. The summed E-state index contributed by atoms with van der Waals surface area (Å²) in [5, 5.41) is 3.37. The van der Waals surface area contributed by atoms with Gasteiger partial charge in [-0.1, -0.05) is 74.5 Å². The van der Waals surface area contributed by atoms with Crippen molar-refractivity contribution < 1.29 is 14.4 Å². The van der Waals surface area contributed by atoms with Crippen LogP contribution in [0.15, 0.2) is 70.3 Å². The van der Waals surface area contributed by atoms with Gasteiger partial charge in [0.25, 0.3) is 5.91 Å². The van der Waals surface area contributed by atoms with Gasteiger partial charge in [-0.2, -0.15) is 0 Å². The second-order valence-corrected chi connectivity index (χ2v) is 9.38. The Morgan fingerprint density at radius 3 is 2.16 bits per heavy atom. The normalized spacial score (nSPS) is 11.9. The predicted molar refractivity (Wildman–Crippen MR) is 140 cm³/mol. The molecule has 0 aliphatic heterocycles. The molecule has 10 nitrogen and oxygen atoms in total. The van der Waals surface area contributed by atoms with E-state index in [9.17, 15) is 19.2 Å². The molecule has 1 heterocycles. The number of hydrogen-bond acceptors (Lipinski definition) is 5. The third-order valence-corrected chi connectivity index (χ3v) is 5.97. The van der Waals surface area contributed by atoms with Gasteiger partial charge in [0.1, 0.15) is 6.04 Å². The highest BCUT2D eigenvalue weighted by Gasteiger charge is 2.34. The quantitative estimate of drug-likeness (QED) is 0.343. The van der Waals surface area contributed by atoms with Gasteiger partial charge in [-0.25, -0.2) is 29.9 Å². The van der Waals surface area contributed by atoms with Crippen molar-refractivity contribution >= 4 is 11.8 Å². The lowest BCUT2D eigenvalue weighted by molar-refractivity contribution is -0.138. The SMILES string of the molecule is CC(C)CCC(=O)N([C@@H](CCCc1ccccc1)C(=O)NOCc1ccccc1)n1c(=O)[nH]n(C)c1=O. The predicted octanol–water partition coefficient (Wildman–Crippen LogP) is 2.42. The average Bonchev–Trinajstić information content (AvgIpc) is 3.14. The van der Waals surface area contributed by atoms with Crippen LogP contribution in [0.5, 0.6) is 0 Å². The van der Waals surface area contributed by atoms with Crippen molar-refractivity contribution in [2.75, 3.05) is 5.01 Å². The maximum atomic E-state index is 13.4. The summed E-state index contributed by atoms with van der Waals surface area (Å²) in [4.78, 5) is 57.8. The van der Waals surface area contributed by atoms with E-state index in [2.05, 4.69) is 10.6 Å². The second kappa shape index (κ2) is 13.4. The minimum atomic E-state index is -1.14. The fourth-order valence-electron chi connectivity index (χ4n) is 3.95. The third-order valence-electron chi connectivity index (χ3n) is 5.97. The van der Waals surface area contributed by atoms with Crippen LogP contribution < -0.4 is 21.9 Å². The van der Waals surface area contributed by atoms with Gasteiger partial charge in [-0.3, -0.25) is 14.4 Å². The van der Waals surface area contributed by atoms with Crippen LogP contribution in [0.2, 0.25) is 0 Å². The molecule has 2 aromatic carbocycles. The van der Waals surface area contributed by atoms with Gasteiger partial charge in [0, 0.05) is 13.5 Å². The van der Waals surface area contributed by atoms with E-state index in [4.69, 9.17) is 4.84 Å². The first-order chi connectivity index (χ1) is 17.8. The fourth-order valence-corrected chi connectivity index (χ4v) is 3.95. The Morgan fingerprint density at radius 2 is 1.59 bits per heavy atom. The molecule has 3 aromatic rings. The molecule has 0 spiro atoms. The zero-order valence-corrected chi connectivity index (χ0v) is 21.6. The molecular formula is C27H35N5O5. The molecule has 0 saturated carbocycles. The molecule has 2 N–H and O–H groups in total. The molecule has 198 valence electrons. The molecule has 3 rings (SSSR count). The number of nitrogens with one attached hydrogen (secondary N) is 2. The topological polar surface area (TPSA) is 118 Å². The number of H-pyrrole nitrogens is 1. The van der Waals surface area contributed by atoms with Crippen LogP contribution in [0, 0.1) is 5.92 Å². The van der Waals surface area contributed by atoms with Crippen LogP contribution >= 0.6 is 0 Å². The Labute approximate surface area is 215 Å². The fraction of sp³-hybridized carbons (Fsp3) is 0.407. The van der Waals surface area contributed by atoms with Gasteiger partial charge >= 0.3 is 11.4 Å². The van der Waals surface area contributed by atoms with E-state index in [1.165, 1.54) is 7.05 Å². The molecule has 2 amide bonds. The van der Waals surface area contributed by atoms with E-state index in [0.717, 1.165) is 20.8 Å². The third kappa shape index (κ3) is 7.78. The highest BCUT2D eigenvalue weighted by atomic mass is 16.7. The first-order valence-corrected chi connectivity index (χ1v) is 12.5. The lowest BCUT2D eigenvalue weighted by Crippen LogP contribution is -2.60. The van der Waals surface area contributed by atoms with Crippen LogP contribution in [0.3, 0.4) is 0 Å². The molecule has 0 aliphatic rings. The average molecular weight is 510 g/mol. The summed E-state index contributed by atoms with van der Waals surface area (Å²) in [6.45, 7) is 4.07. The Hall–Kier alpha value is -3.92. The maximum Gasteiger partial charge on any atom is 0.366 e. The van der Waals surface area contributed by atoms with Crippen LogP contribution in [-0.2, 0) is 34.5 Å². The molecule has 0 bridgehead atoms. The zero-order valence-electron chi connectivity index (χ0n) is 21.6. The van der Waals surface area contributed by atoms with Crippen molar-refractivity contribution in [1.29, 1.82) is 0 Å². The number of carbonyl (C=O) groups is 2. The van der Waals surface area contributed by atoms with Gasteiger partial charge in [-0.05, 0) is 42.7 Å². The molecule has 1 aromatic heterocycles. The molecule has 0 fully saturated rings. The maximum absolute atomic E-state index is 13.4. The Bertz CT molecular complexity index is 1260. The van der Waals surface area contributed by atoms with Gasteiger partial charge in [0.2, 0.25) is 5.91 Å². The van der Waals surface area contributed by atoms with Crippen LogP contribution in [0.4, 0.5) is 0 Å². The number of rotatable bonds is 13. The van der Waals surface area contributed by atoms with Crippen molar-refractivity contribution in [2.24, 2.45) is 13.0 Å². The first-order valence-electron chi connectivity index (χ1n) is 12.5. The summed E-state index contributed by atoms with van der Waals surface area (Å²) >= 11 is 0. The highest BCUT2D eigenvalue weighted by molar-refractivity contribution is 5.94. The summed E-state index contributed by atoms with van der Waals surface area (Å²) in [6, 6.07) is 17.9. The van der Waals surface area contributed by atoms with E-state index in [1.54, 1.807) is 0 Å². The molecule has 37 heavy (non-hydrogen) atoms. The van der Waals surface area contributed by atoms with Gasteiger partial charge < -0.3 is 0 Å². The number of aromatic nitrogens is 3. The van der Waals surface area contributed by atoms with E-state index in [-0.39, 0.29) is 25.4 Å². The van der Waals surface area contributed by atoms with Gasteiger partial charge in [0.15, 0.2) is 0 Å². The molecule has 0 aliphatic carbocycles. The number of aryl methyl sites for hydroxylation is 2. The van der Waals surface area contributed by atoms with Crippen LogP contribution in [0.1, 0.15) is 50.7 Å². The van der Waals surface area contributed by atoms with E-state index >= 15 is 0 Å². The lowest BCUT2D eigenvalue weighted by atomic mass is 10.0. The number of aromatic amines is 1. The van der Waals surface area contributed by atoms with E-state index in [0.29, 0.717) is 23.9 Å². The highest BCUT2D eigenvalue weighted by Crippen LogP contribution is 2.14. The number of hydroxylamine groups is 1. The molecule has 1 atom stereocenters. The molecule has 0 unspecified atom stereocenters. The minimum absolute atomic E-state index is 0.0752. The number of carbonyl (C=O) groups excluding carboxylic acids is 2. The summed E-state index contributed by atoms with van der Waals surface area (Å²) in [5.74, 6) is -0.886. The summed E-state index contributed by atoms with van der Waals surface area (Å²) < 4.78 is 1.70. The lowest BCUT2D eigenvalue weighted by Gasteiger charge is -2.30. The summed E-state index contributed by atoms with van der Waals surface area (Å²) in [6.07, 6.45) is 2.02. The smallest absolute Gasteiger partial charge is 0.273 e. The molecule has 0 saturated heterocycles. The second-order valence-electron chi connectivity index (χ2n) is 9.38. The number of nitrogens with zero attached hydrogens (tertiary/aromatic N) is 3. The number of benzene rings is 2. The van der Waals surface area contributed by atoms with E-state index in [1.807, 2.05) is 74.5 Å². The zero-order chi connectivity index (χ0) is 26.8. The van der Waals surface area contributed by atoms with Gasteiger partial charge in [0.05, 0.1) is 6.61 Å². The molecule has 0 radical (unpaired) electrons. The Kier molecular flexibility index (Phi) is 10.0. The monoisotopic (exact) mass is 509 g/mol. The standard InChI is InChI=1S/C27H35N5O5/c1-20(2)17-18-24(33)31(32-26(35)28-30(3)27(32)36)23(16-10-15-21-11-6-4-7-12-21)25(34)29-37-19-22-13-8-5-9-14-22/h4-9,11-14,20,23H,10,15-19H2,1-3H3,(H,28,35)(H,29,34)/t23-/m0/s1. The van der Waals surface area contributed by atoms with Crippen molar-refractivity contribution in [3.63, 3.8) is 0 Å². The molecule has 10 heteroatoms. The molecular weight excluding hydrogens is 474 g/mol. The minimum Gasteiger partial charge on any atom is -0.273 e. The number of amides is 2. The van der Waals surface area contributed by atoms with Crippen LogP contribution in [0.25, 0.3) is 0 Å². The van der Waals surface area contributed by atoms with Gasteiger partial charge in [-0.15, -0.1) is 4.68 Å². The number of hydrogen-bond donors (Lipinski definition) is 2. The van der Waals surface area contributed by atoms with Crippen molar-refractivity contribution in [2.45, 2.75) is 58.6 Å². The van der Waals surface area contributed by atoms with Crippen molar-refractivity contribution in [3.8, 4) is 0 Å². The van der Waals surface area contributed by atoms with E-state index < -0.39 is 29.2 Å². The Morgan fingerprint density at radius 1 is 0.973 bits per heavy atom. The first kappa shape index (κ1) is 27.7. The summed E-state index contributed by atoms with van der Waals surface area (Å²) in [5.41, 5.74) is 2.82. The largest absolute Gasteiger partial charge is 0.366 e. The van der Waals surface area contributed by atoms with Crippen molar-refractivity contribution in [3.05, 3.63) is 92.8 Å². The van der Waals surface area contributed by atoms with Crippen molar-refractivity contribution in [1.82, 2.24) is 19.9 Å². The summed E-state index contributed by atoms with van der Waals surface area (Å²) in [7, 11) is 1.38. The van der Waals surface area contributed by atoms with Crippen LogP contribution in [-0.4, -0.2) is 32.3 Å².